The van der Waals surface area contributed by atoms with Crippen molar-refractivity contribution in [2.45, 2.75) is 19.6 Å². The first-order valence-corrected chi connectivity index (χ1v) is 11.6. The fourth-order valence-electron chi connectivity index (χ4n) is 4.85. The van der Waals surface area contributed by atoms with Crippen LogP contribution in [0.3, 0.4) is 0 Å². The van der Waals surface area contributed by atoms with Crippen molar-refractivity contribution in [3.63, 3.8) is 0 Å². The highest BCUT2D eigenvalue weighted by atomic mass is 16.6. The SMILES string of the molecule is COCc1cc(=O)oc2cc(Oc3ncnc(N4CCc5c([nH]c6ccccc56)C4)c3[N+](=O)[O-])ccc12. The number of rotatable bonds is 6. The third kappa shape index (κ3) is 4.04. The summed E-state index contributed by atoms with van der Waals surface area (Å²) in [4.78, 5) is 37.2. The van der Waals surface area contributed by atoms with Gasteiger partial charge in [0, 0.05) is 47.8 Å². The predicted molar refractivity (Wildman–Crippen MR) is 135 cm³/mol. The molecule has 0 saturated heterocycles. The minimum absolute atomic E-state index is 0.175. The molecule has 4 heterocycles. The zero-order valence-corrected chi connectivity index (χ0v) is 19.8. The summed E-state index contributed by atoms with van der Waals surface area (Å²) in [6.07, 6.45) is 1.96. The van der Waals surface area contributed by atoms with Gasteiger partial charge in [0.2, 0.25) is 5.82 Å². The van der Waals surface area contributed by atoms with E-state index in [4.69, 9.17) is 13.9 Å². The number of ether oxygens (including phenoxy) is 2. The normalized spacial score (nSPS) is 13.2. The molecular formula is C26H21N5O6. The lowest BCUT2D eigenvalue weighted by Gasteiger charge is -2.27. The molecule has 0 saturated carbocycles. The third-order valence-corrected chi connectivity index (χ3v) is 6.45. The predicted octanol–water partition coefficient (Wildman–Crippen LogP) is 4.47. The Kier molecular flexibility index (Phi) is 5.53. The quantitative estimate of drug-likeness (QED) is 0.204. The third-order valence-electron chi connectivity index (χ3n) is 6.45. The van der Waals surface area contributed by atoms with E-state index in [1.54, 1.807) is 12.1 Å². The summed E-state index contributed by atoms with van der Waals surface area (Å²) in [5, 5.41) is 14.0. The van der Waals surface area contributed by atoms with Crippen molar-refractivity contribution in [3.05, 3.63) is 92.2 Å². The van der Waals surface area contributed by atoms with Crippen LogP contribution in [-0.4, -0.2) is 33.5 Å². The molecule has 1 N–H and O–H groups in total. The Bertz CT molecular complexity index is 1730. The number of nitrogens with one attached hydrogen (secondary N) is 1. The minimum atomic E-state index is -0.538. The first-order valence-electron chi connectivity index (χ1n) is 11.6. The molecule has 1 aliphatic rings. The molecule has 11 nitrogen and oxygen atoms in total. The van der Waals surface area contributed by atoms with Crippen LogP contribution in [0.2, 0.25) is 0 Å². The van der Waals surface area contributed by atoms with Gasteiger partial charge in [0.05, 0.1) is 18.1 Å². The van der Waals surface area contributed by atoms with Crippen molar-refractivity contribution in [2.75, 3.05) is 18.6 Å². The molecule has 0 radical (unpaired) electrons. The molecule has 6 rings (SSSR count). The van der Waals surface area contributed by atoms with Gasteiger partial charge in [0.1, 0.15) is 17.7 Å². The molecule has 3 aromatic heterocycles. The largest absolute Gasteiger partial charge is 0.433 e. The summed E-state index contributed by atoms with van der Waals surface area (Å²) >= 11 is 0. The zero-order valence-electron chi connectivity index (χ0n) is 19.8. The number of fused-ring (bicyclic) bond motifs is 4. The van der Waals surface area contributed by atoms with Crippen LogP contribution in [0.15, 0.2) is 64.1 Å². The molecule has 2 aromatic carbocycles. The van der Waals surface area contributed by atoms with Crippen molar-refractivity contribution in [2.24, 2.45) is 0 Å². The summed E-state index contributed by atoms with van der Waals surface area (Å²) in [5.41, 5.74) is 3.32. The van der Waals surface area contributed by atoms with Gasteiger partial charge in [0.25, 0.3) is 0 Å². The second-order valence-electron chi connectivity index (χ2n) is 8.69. The standard InChI is InChI=1S/C26H21N5O6/c1-35-13-15-10-23(32)37-22-11-16(6-7-17(15)22)36-26-24(31(33)34)25(27-14-28-26)30-9-8-19-18-4-2-3-5-20(18)29-21(19)12-30/h2-7,10-11,14,29H,8-9,12-13H2,1H3. The molecule has 11 heteroatoms. The van der Waals surface area contributed by atoms with Gasteiger partial charge in [-0.3, -0.25) is 10.1 Å². The molecule has 0 unspecified atom stereocenters. The molecule has 0 aliphatic carbocycles. The number of hydrogen-bond acceptors (Lipinski definition) is 9. The zero-order chi connectivity index (χ0) is 25.5. The van der Waals surface area contributed by atoms with Crippen LogP contribution in [0, 0.1) is 10.1 Å². The summed E-state index contributed by atoms with van der Waals surface area (Å²) in [6.45, 7) is 1.22. The van der Waals surface area contributed by atoms with Gasteiger partial charge in [0.15, 0.2) is 0 Å². The Morgan fingerprint density at radius 2 is 2.03 bits per heavy atom. The number of aromatic amines is 1. The fourth-order valence-corrected chi connectivity index (χ4v) is 4.85. The molecule has 0 bridgehead atoms. The van der Waals surface area contributed by atoms with Gasteiger partial charge in [-0.05, 0) is 35.7 Å². The van der Waals surface area contributed by atoms with Crippen molar-refractivity contribution >= 4 is 33.4 Å². The van der Waals surface area contributed by atoms with Gasteiger partial charge in [-0.1, -0.05) is 18.2 Å². The highest BCUT2D eigenvalue weighted by Gasteiger charge is 2.31. The maximum atomic E-state index is 12.2. The van der Waals surface area contributed by atoms with Crippen LogP contribution in [0.25, 0.3) is 21.9 Å². The van der Waals surface area contributed by atoms with Crippen LogP contribution >= 0.6 is 0 Å². The lowest BCUT2D eigenvalue weighted by molar-refractivity contribution is -0.385. The average Bonchev–Trinajstić information content (AvgIpc) is 3.26. The van der Waals surface area contributed by atoms with Crippen LogP contribution in [-0.2, 0) is 24.3 Å². The van der Waals surface area contributed by atoms with Crippen LogP contribution in [0.5, 0.6) is 11.6 Å². The van der Waals surface area contributed by atoms with Crippen molar-refractivity contribution in [3.8, 4) is 11.6 Å². The summed E-state index contributed by atoms with van der Waals surface area (Å²) in [7, 11) is 1.53. The molecule has 186 valence electrons. The first-order chi connectivity index (χ1) is 18.0. The number of nitrogens with zero attached hydrogens (tertiary/aromatic N) is 4. The average molecular weight is 499 g/mol. The molecular weight excluding hydrogens is 478 g/mol. The number of para-hydroxylation sites is 1. The number of hydrogen-bond donors (Lipinski definition) is 1. The number of H-pyrrole nitrogens is 1. The molecule has 5 aromatic rings. The van der Waals surface area contributed by atoms with Crippen LogP contribution in [0.4, 0.5) is 11.5 Å². The van der Waals surface area contributed by atoms with E-state index in [0.717, 1.165) is 16.6 Å². The van der Waals surface area contributed by atoms with E-state index in [-0.39, 0.29) is 35.3 Å². The summed E-state index contributed by atoms with van der Waals surface area (Å²) in [5.74, 6) is 0.204. The molecule has 0 amide bonds. The number of benzene rings is 2. The Morgan fingerprint density at radius 3 is 2.86 bits per heavy atom. The number of aromatic nitrogens is 3. The maximum absolute atomic E-state index is 12.2. The molecule has 0 atom stereocenters. The second kappa shape index (κ2) is 9.03. The van der Waals surface area contributed by atoms with Gasteiger partial charge < -0.3 is 23.8 Å². The second-order valence-corrected chi connectivity index (χ2v) is 8.69. The van der Waals surface area contributed by atoms with E-state index in [2.05, 4.69) is 21.0 Å². The highest BCUT2D eigenvalue weighted by Crippen LogP contribution is 2.39. The van der Waals surface area contributed by atoms with Gasteiger partial charge in [-0.25, -0.2) is 9.78 Å². The van der Waals surface area contributed by atoms with E-state index < -0.39 is 10.5 Å². The van der Waals surface area contributed by atoms with Gasteiger partial charge in [-0.2, -0.15) is 4.98 Å². The number of methoxy groups -OCH3 is 1. The molecule has 0 spiro atoms. The Balaban J connectivity index is 1.35. The van der Waals surface area contributed by atoms with E-state index in [1.165, 1.54) is 31.1 Å². The van der Waals surface area contributed by atoms with E-state index in [1.807, 2.05) is 23.1 Å². The summed E-state index contributed by atoms with van der Waals surface area (Å²) < 4.78 is 16.3. The monoisotopic (exact) mass is 499 g/mol. The lowest BCUT2D eigenvalue weighted by Crippen LogP contribution is -2.31. The first kappa shape index (κ1) is 22.7. The van der Waals surface area contributed by atoms with Crippen molar-refractivity contribution in [1.82, 2.24) is 15.0 Å². The van der Waals surface area contributed by atoms with E-state index in [9.17, 15) is 14.9 Å². The maximum Gasteiger partial charge on any atom is 0.373 e. The minimum Gasteiger partial charge on any atom is -0.433 e. The van der Waals surface area contributed by atoms with Crippen LogP contribution < -0.4 is 15.3 Å². The van der Waals surface area contributed by atoms with E-state index in [0.29, 0.717) is 30.5 Å². The fraction of sp³-hybridized carbons (Fsp3) is 0.192. The lowest BCUT2D eigenvalue weighted by atomic mass is 10.0. The smallest absolute Gasteiger partial charge is 0.373 e. The van der Waals surface area contributed by atoms with Gasteiger partial charge in [-0.15, -0.1) is 0 Å². The Morgan fingerprint density at radius 1 is 1.16 bits per heavy atom. The Labute approximate surface area is 209 Å². The van der Waals surface area contributed by atoms with Crippen molar-refractivity contribution in [1.29, 1.82) is 0 Å². The molecule has 0 fully saturated rings. The number of anilines is 1. The molecule has 1 aliphatic heterocycles. The molecule has 37 heavy (non-hydrogen) atoms. The van der Waals surface area contributed by atoms with Crippen LogP contribution in [0.1, 0.15) is 16.8 Å². The topological polar surface area (TPSA) is 137 Å². The summed E-state index contributed by atoms with van der Waals surface area (Å²) in [6, 6.07) is 14.3. The van der Waals surface area contributed by atoms with E-state index >= 15 is 0 Å². The van der Waals surface area contributed by atoms with Gasteiger partial charge >= 0.3 is 17.2 Å². The van der Waals surface area contributed by atoms with Crippen molar-refractivity contribution < 1.29 is 18.8 Å². The number of nitro groups is 1. The highest BCUT2D eigenvalue weighted by molar-refractivity contribution is 5.85. The Hall–Kier alpha value is -4.77.